The number of aromatic nitrogens is 2. The van der Waals surface area contributed by atoms with E-state index in [1.807, 2.05) is 24.3 Å². The Bertz CT molecular complexity index is 665. The molecule has 3 N–H and O–H groups in total. The summed E-state index contributed by atoms with van der Waals surface area (Å²) >= 11 is 3.32. The maximum Gasteiger partial charge on any atom is 0.433 e. The summed E-state index contributed by atoms with van der Waals surface area (Å²) in [4.78, 5) is 7.50. The molecule has 0 amide bonds. The maximum atomic E-state index is 13.0. The second-order valence-corrected chi connectivity index (χ2v) is 5.86. The van der Waals surface area contributed by atoms with Crippen molar-refractivity contribution in [3.63, 3.8) is 0 Å². The second kappa shape index (κ2) is 8.29. The molecule has 0 saturated heterocycles. The van der Waals surface area contributed by atoms with Crippen LogP contribution in [0, 0.1) is 0 Å². The van der Waals surface area contributed by atoms with Crippen molar-refractivity contribution in [2.75, 3.05) is 23.8 Å². The van der Waals surface area contributed by atoms with Gasteiger partial charge in [0, 0.05) is 30.2 Å². The number of hydrogen-bond acceptors (Lipinski definition) is 5. The third-order valence-electron chi connectivity index (χ3n) is 3.02. The first-order chi connectivity index (χ1) is 11.4. The molecule has 2 aromatic rings. The number of alkyl halides is 3. The van der Waals surface area contributed by atoms with Gasteiger partial charge in [0.05, 0.1) is 0 Å². The fourth-order valence-corrected chi connectivity index (χ4v) is 2.10. The zero-order chi connectivity index (χ0) is 17.6. The van der Waals surface area contributed by atoms with Gasteiger partial charge in [0.15, 0.2) is 5.69 Å². The number of hydrogen-bond donors (Lipinski definition) is 3. The molecule has 0 atom stereocenters. The van der Waals surface area contributed by atoms with Gasteiger partial charge in [-0.2, -0.15) is 18.2 Å². The minimum absolute atomic E-state index is 0.0688. The molecule has 0 unspecified atom stereocenters. The molecule has 2 rings (SSSR count). The first-order valence-electron chi connectivity index (χ1n) is 7.18. The number of halogens is 4. The van der Waals surface area contributed by atoms with Crippen LogP contribution in [0.3, 0.4) is 0 Å². The Kier molecular flexibility index (Phi) is 6.38. The number of benzene rings is 1. The van der Waals surface area contributed by atoms with Crippen LogP contribution in [-0.2, 0) is 12.7 Å². The summed E-state index contributed by atoms with van der Waals surface area (Å²) in [6.45, 7) is 0.544. The van der Waals surface area contributed by atoms with E-state index >= 15 is 0 Å². The van der Waals surface area contributed by atoms with Crippen LogP contribution in [0.4, 0.5) is 24.9 Å². The number of aliphatic hydroxyl groups excluding tert-OH is 1. The fourth-order valence-electron chi connectivity index (χ4n) is 1.84. The van der Waals surface area contributed by atoms with E-state index in [9.17, 15) is 13.2 Å². The normalized spacial score (nSPS) is 11.4. The highest BCUT2D eigenvalue weighted by molar-refractivity contribution is 9.10. The summed E-state index contributed by atoms with van der Waals surface area (Å²) in [5.74, 6) is -0.0525. The van der Waals surface area contributed by atoms with Gasteiger partial charge >= 0.3 is 6.18 Å². The monoisotopic (exact) mass is 404 g/mol. The SMILES string of the molecule is OCCCNc1nc(NCc2ccc(Br)cc2)cc(C(F)(F)F)n1. The lowest BCUT2D eigenvalue weighted by atomic mass is 10.2. The molecule has 0 saturated carbocycles. The first-order valence-corrected chi connectivity index (χ1v) is 7.97. The average molecular weight is 405 g/mol. The van der Waals surface area contributed by atoms with Crippen molar-refractivity contribution in [2.45, 2.75) is 19.1 Å². The van der Waals surface area contributed by atoms with E-state index < -0.39 is 11.9 Å². The van der Waals surface area contributed by atoms with Gasteiger partial charge in [-0.25, -0.2) is 4.98 Å². The van der Waals surface area contributed by atoms with Gasteiger partial charge in [-0.05, 0) is 24.1 Å². The zero-order valence-electron chi connectivity index (χ0n) is 12.6. The Labute approximate surface area is 145 Å². The van der Waals surface area contributed by atoms with Gasteiger partial charge in [0.2, 0.25) is 5.95 Å². The van der Waals surface area contributed by atoms with Crippen molar-refractivity contribution in [3.05, 3.63) is 46.1 Å². The summed E-state index contributed by atoms with van der Waals surface area (Å²) in [6.07, 6.45) is -4.17. The maximum absolute atomic E-state index is 13.0. The lowest BCUT2D eigenvalue weighted by Crippen LogP contribution is -2.15. The fraction of sp³-hybridized carbons (Fsp3) is 0.333. The van der Waals surface area contributed by atoms with Gasteiger partial charge in [-0.3, -0.25) is 0 Å². The number of anilines is 2. The smallest absolute Gasteiger partial charge is 0.396 e. The third kappa shape index (κ3) is 5.64. The lowest BCUT2D eigenvalue weighted by Gasteiger charge is -2.12. The minimum Gasteiger partial charge on any atom is -0.396 e. The number of nitrogens with one attached hydrogen (secondary N) is 2. The van der Waals surface area contributed by atoms with Crippen LogP contribution in [0.15, 0.2) is 34.8 Å². The van der Waals surface area contributed by atoms with E-state index in [1.165, 1.54) is 0 Å². The van der Waals surface area contributed by atoms with E-state index in [0.29, 0.717) is 13.0 Å². The van der Waals surface area contributed by atoms with Crippen molar-refractivity contribution < 1.29 is 18.3 Å². The predicted molar refractivity (Wildman–Crippen MR) is 88.7 cm³/mol. The van der Waals surface area contributed by atoms with E-state index in [1.54, 1.807) is 0 Å². The Balaban J connectivity index is 2.14. The largest absolute Gasteiger partial charge is 0.433 e. The zero-order valence-corrected chi connectivity index (χ0v) is 14.2. The number of nitrogens with zero attached hydrogens (tertiary/aromatic N) is 2. The van der Waals surface area contributed by atoms with Crippen molar-refractivity contribution in [1.82, 2.24) is 9.97 Å². The van der Waals surface area contributed by atoms with E-state index in [4.69, 9.17) is 5.11 Å². The number of aliphatic hydroxyl groups is 1. The molecule has 9 heteroatoms. The molecule has 0 bridgehead atoms. The molecule has 1 aromatic carbocycles. The van der Waals surface area contributed by atoms with Crippen LogP contribution in [0.25, 0.3) is 0 Å². The van der Waals surface area contributed by atoms with Crippen molar-refractivity contribution in [2.24, 2.45) is 0 Å². The minimum atomic E-state index is -4.57. The quantitative estimate of drug-likeness (QED) is 0.614. The molecule has 130 valence electrons. The molecule has 0 fully saturated rings. The van der Waals surface area contributed by atoms with Crippen LogP contribution in [-0.4, -0.2) is 28.2 Å². The molecular formula is C15H16BrF3N4O. The van der Waals surface area contributed by atoms with E-state index in [2.05, 4.69) is 36.5 Å². The highest BCUT2D eigenvalue weighted by Gasteiger charge is 2.33. The van der Waals surface area contributed by atoms with Gasteiger partial charge in [0.25, 0.3) is 0 Å². The first kappa shape index (κ1) is 18.5. The van der Waals surface area contributed by atoms with Gasteiger partial charge in [-0.1, -0.05) is 28.1 Å². The third-order valence-corrected chi connectivity index (χ3v) is 3.55. The second-order valence-electron chi connectivity index (χ2n) is 4.94. The summed E-state index contributed by atoms with van der Waals surface area (Å²) in [6, 6.07) is 8.27. The molecule has 0 aliphatic carbocycles. The van der Waals surface area contributed by atoms with Gasteiger partial charge < -0.3 is 15.7 Å². The van der Waals surface area contributed by atoms with Crippen LogP contribution in [0.1, 0.15) is 17.7 Å². The van der Waals surface area contributed by atoms with Crippen molar-refractivity contribution in [3.8, 4) is 0 Å². The summed E-state index contributed by atoms with van der Waals surface area (Å²) in [5.41, 5.74) is -0.123. The molecule has 24 heavy (non-hydrogen) atoms. The molecule has 1 heterocycles. The molecule has 0 aliphatic heterocycles. The van der Waals surface area contributed by atoms with Crippen LogP contribution < -0.4 is 10.6 Å². The van der Waals surface area contributed by atoms with E-state index in [0.717, 1.165) is 16.1 Å². The Hall–Kier alpha value is -1.87. The summed E-state index contributed by atoms with van der Waals surface area (Å²) < 4.78 is 39.8. The van der Waals surface area contributed by atoms with Gasteiger partial charge in [-0.15, -0.1) is 0 Å². The molecule has 0 radical (unpaired) electrons. The summed E-state index contributed by atoms with van der Waals surface area (Å²) in [5, 5.41) is 14.3. The highest BCUT2D eigenvalue weighted by atomic mass is 79.9. The number of rotatable bonds is 7. The van der Waals surface area contributed by atoms with Crippen LogP contribution >= 0.6 is 15.9 Å². The molecule has 0 spiro atoms. The molecule has 5 nitrogen and oxygen atoms in total. The van der Waals surface area contributed by atoms with Crippen LogP contribution in [0.2, 0.25) is 0 Å². The standard InChI is InChI=1S/C15H16BrF3N4O/c16-11-4-2-10(3-5-11)9-21-13-8-12(15(17,18)19)22-14(23-13)20-6-1-7-24/h2-5,8,24H,1,6-7,9H2,(H2,20,21,22,23). The lowest BCUT2D eigenvalue weighted by molar-refractivity contribution is -0.141. The highest BCUT2D eigenvalue weighted by Crippen LogP contribution is 2.29. The predicted octanol–water partition coefficient (Wildman–Crippen LogP) is 3.66. The van der Waals surface area contributed by atoms with Crippen molar-refractivity contribution >= 4 is 27.7 Å². The van der Waals surface area contributed by atoms with Crippen LogP contribution in [0.5, 0.6) is 0 Å². The molecular weight excluding hydrogens is 389 g/mol. The Morgan fingerprint density at radius 2 is 1.79 bits per heavy atom. The topological polar surface area (TPSA) is 70.1 Å². The summed E-state index contributed by atoms with van der Waals surface area (Å²) in [7, 11) is 0. The Morgan fingerprint density at radius 1 is 1.08 bits per heavy atom. The van der Waals surface area contributed by atoms with Crippen molar-refractivity contribution in [1.29, 1.82) is 0 Å². The van der Waals surface area contributed by atoms with E-state index in [-0.39, 0.29) is 24.9 Å². The average Bonchev–Trinajstić information content (AvgIpc) is 2.54. The molecule has 1 aromatic heterocycles. The molecule has 0 aliphatic rings. The van der Waals surface area contributed by atoms with Gasteiger partial charge in [0.1, 0.15) is 5.82 Å². The Morgan fingerprint density at radius 3 is 2.42 bits per heavy atom.